The molecule has 2 unspecified atom stereocenters. The molecule has 144 valence electrons. The zero-order valence-electron chi connectivity index (χ0n) is 15.8. The van der Waals surface area contributed by atoms with Crippen LogP contribution < -0.4 is 10.1 Å². The van der Waals surface area contributed by atoms with E-state index in [2.05, 4.69) is 47.8 Å². The summed E-state index contributed by atoms with van der Waals surface area (Å²) in [4.78, 5) is 0. The number of hydrogen-bond acceptors (Lipinski definition) is 3. The third-order valence-corrected chi connectivity index (χ3v) is 5.55. The number of halogens is 1. The Kier molecular flexibility index (Phi) is 6.95. The molecule has 1 N–H and O–H groups in total. The highest BCUT2D eigenvalue weighted by Gasteiger charge is 2.23. The Balaban J connectivity index is 0.00000210. The van der Waals surface area contributed by atoms with Gasteiger partial charge >= 0.3 is 0 Å². The van der Waals surface area contributed by atoms with Crippen LogP contribution in [0.3, 0.4) is 0 Å². The third kappa shape index (κ3) is 4.73. The van der Waals surface area contributed by atoms with Gasteiger partial charge in [-0.05, 0) is 60.1 Å². The summed E-state index contributed by atoms with van der Waals surface area (Å²) in [7, 11) is 1.71. The van der Waals surface area contributed by atoms with Crippen molar-refractivity contribution in [2.75, 3.05) is 20.3 Å². The lowest BCUT2D eigenvalue weighted by molar-refractivity contribution is 0.0334. The first-order valence-corrected chi connectivity index (χ1v) is 9.60. The lowest BCUT2D eigenvalue weighted by atomic mass is 9.90. The average Bonchev–Trinajstić information content (AvgIpc) is 2.72. The first-order valence-electron chi connectivity index (χ1n) is 9.60. The van der Waals surface area contributed by atoms with Gasteiger partial charge in [0.05, 0.1) is 19.8 Å². The predicted octanol–water partition coefficient (Wildman–Crippen LogP) is 4.96. The highest BCUT2D eigenvalue weighted by molar-refractivity contribution is 5.85. The number of rotatable bonds is 5. The SMILES string of the molecule is COc1ccc(C2=CCNC(CCC3OCCc4ccccc43)C2)cc1.Cl. The van der Waals surface area contributed by atoms with Gasteiger partial charge in [-0.15, -0.1) is 12.4 Å². The van der Waals surface area contributed by atoms with E-state index in [4.69, 9.17) is 9.47 Å². The molecule has 2 aliphatic heterocycles. The quantitative estimate of drug-likeness (QED) is 0.789. The molecule has 2 aliphatic rings. The average molecular weight is 386 g/mol. The number of methoxy groups -OCH3 is 1. The van der Waals surface area contributed by atoms with Crippen molar-refractivity contribution in [3.05, 3.63) is 71.3 Å². The van der Waals surface area contributed by atoms with Crippen molar-refractivity contribution in [2.45, 2.75) is 37.8 Å². The molecule has 0 spiro atoms. The lowest BCUT2D eigenvalue weighted by Crippen LogP contribution is -2.33. The smallest absolute Gasteiger partial charge is 0.118 e. The number of nitrogens with one attached hydrogen (secondary N) is 1. The normalized spacial score (nSPS) is 21.6. The van der Waals surface area contributed by atoms with Crippen molar-refractivity contribution in [1.82, 2.24) is 5.32 Å². The van der Waals surface area contributed by atoms with E-state index >= 15 is 0 Å². The Labute approximate surface area is 168 Å². The summed E-state index contributed by atoms with van der Waals surface area (Å²) in [6, 6.07) is 17.7. The molecule has 0 saturated carbocycles. The van der Waals surface area contributed by atoms with Crippen molar-refractivity contribution in [1.29, 1.82) is 0 Å². The van der Waals surface area contributed by atoms with E-state index in [1.165, 1.54) is 22.3 Å². The van der Waals surface area contributed by atoms with Crippen LogP contribution in [0.2, 0.25) is 0 Å². The fourth-order valence-corrected chi connectivity index (χ4v) is 4.08. The monoisotopic (exact) mass is 385 g/mol. The van der Waals surface area contributed by atoms with Gasteiger partial charge in [0.1, 0.15) is 5.75 Å². The largest absolute Gasteiger partial charge is 0.497 e. The fraction of sp³-hybridized carbons (Fsp3) is 0.391. The number of ether oxygens (including phenoxy) is 2. The van der Waals surface area contributed by atoms with Crippen molar-refractivity contribution in [2.24, 2.45) is 0 Å². The molecule has 0 amide bonds. The molecular formula is C23H28ClNO2. The van der Waals surface area contributed by atoms with Crippen molar-refractivity contribution < 1.29 is 9.47 Å². The summed E-state index contributed by atoms with van der Waals surface area (Å²) in [5.41, 5.74) is 5.58. The second kappa shape index (κ2) is 9.41. The summed E-state index contributed by atoms with van der Waals surface area (Å²) in [5, 5.41) is 3.65. The van der Waals surface area contributed by atoms with Crippen LogP contribution in [0.4, 0.5) is 0 Å². The Bertz CT molecular complexity index is 772. The second-order valence-electron chi connectivity index (χ2n) is 7.15. The molecular weight excluding hydrogens is 358 g/mol. The van der Waals surface area contributed by atoms with Crippen LogP contribution in [-0.2, 0) is 11.2 Å². The van der Waals surface area contributed by atoms with E-state index in [1.807, 2.05) is 12.1 Å². The van der Waals surface area contributed by atoms with Crippen LogP contribution in [0, 0.1) is 0 Å². The van der Waals surface area contributed by atoms with E-state index < -0.39 is 0 Å². The van der Waals surface area contributed by atoms with Gasteiger partial charge in [-0.2, -0.15) is 0 Å². The zero-order valence-corrected chi connectivity index (χ0v) is 16.6. The maximum Gasteiger partial charge on any atom is 0.118 e. The van der Waals surface area contributed by atoms with Gasteiger partial charge < -0.3 is 14.8 Å². The van der Waals surface area contributed by atoms with Gasteiger partial charge in [-0.1, -0.05) is 42.5 Å². The number of benzene rings is 2. The number of hydrogen-bond donors (Lipinski definition) is 1. The Hall–Kier alpha value is -1.81. The molecule has 2 aromatic rings. The van der Waals surface area contributed by atoms with Crippen LogP contribution in [-0.4, -0.2) is 26.3 Å². The van der Waals surface area contributed by atoms with Crippen molar-refractivity contribution in [3.8, 4) is 5.75 Å². The molecule has 0 radical (unpaired) electrons. The topological polar surface area (TPSA) is 30.5 Å². The molecule has 0 bridgehead atoms. The van der Waals surface area contributed by atoms with Gasteiger partial charge in [-0.25, -0.2) is 0 Å². The fourth-order valence-electron chi connectivity index (χ4n) is 4.08. The summed E-state index contributed by atoms with van der Waals surface area (Å²) in [6.45, 7) is 1.78. The number of fused-ring (bicyclic) bond motifs is 1. The van der Waals surface area contributed by atoms with Crippen LogP contribution >= 0.6 is 12.4 Å². The molecule has 4 heteroatoms. The molecule has 2 atom stereocenters. The van der Waals surface area contributed by atoms with Crippen molar-refractivity contribution in [3.63, 3.8) is 0 Å². The first kappa shape index (κ1) is 19.9. The highest BCUT2D eigenvalue weighted by Crippen LogP contribution is 2.32. The van der Waals surface area contributed by atoms with E-state index in [1.54, 1.807) is 7.11 Å². The molecule has 0 aliphatic carbocycles. The summed E-state index contributed by atoms with van der Waals surface area (Å²) in [5.74, 6) is 0.910. The lowest BCUT2D eigenvalue weighted by Gasteiger charge is -2.29. The third-order valence-electron chi connectivity index (χ3n) is 5.55. The van der Waals surface area contributed by atoms with Gasteiger partial charge in [0.25, 0.3) is 0 Å². The summed E-state index contributed by atoms with van der Waals surface area (Å²) in [6.07, 6.45) is 6.87. The van der Waals surface area contributed by atoms with Crippen LogP contribution in [0.5, 0.6) is 5.75 Å². The zero-order chi connectivity index (χ0) is 17.8. The van der Waals surface area contributed by atoms with Crippen LogP contribution in [0.15, 0.2) is 54.6 Å². The minimum absolute atomic E-state index is 0. The molecule has 2 heterocycles. The van der Waals surface area contributed by atoms with E-state index in [0.29, 0.717) is 6.04 Å². The van der Waals surface area contributed by atoms with Crippen LogP contribution in [0.25, 0.3) is 5.57 Å². The highest BCUT2D eigenvalue weighted by atomic mass is 35.5. The minimum atomic E-state index is 0. The maximum absolute atomic E-state index is 6.08. The Morgan fingerprint density at radius 3 is 2.70 bits per heavy atom. The first-order chi connectivity index (χ1) is 12.8. The molecule has 4 rings (SSSR count). The van der Waals surface area contributed by atoms with Gasteiger partial charge in [0.15, 0.2) is 0 Å². The van der Waals surface area contributed by atoms with Crippen LogP contribution in [0.1, 0.15) is 42.1 Å². The molecule has 2 aromatic carbocycles. The standard InChI is InChI=1S/C23H27NO2.ClH/c1-25-21-9-6-17(7-10-21)19-12-14-24-20(16-19)8-11-23-22-5-3-2-4-18(22)13-15-26-23;/h2-7,9-10,12,20,23-24H,8,11,13-16H2,1H3;1H. The molecule has 27 heavy (non-hydrogen) atoms. The predicted molar refractivity (Wildman–Crippen MR) is 113 cm³/mol. The van der Waals surface area contributed by atoms with Crippen molar-refractivity contribution >= 4 is 18.0 Å². The van der Waals surface area contributed by atoms with Gasteiger partial charge in [0, 0.05) is 12.6 Å². The van der Waals surface area contributed by atoms with E-state index in [-0.39, 0.29) is 18.5 Å². The molecule has 0 fully saturated rings. The van der Waals surface area contributed by atoms with E-state index in [0.717, 1.165) is 44.6 Å². The molecule has 3 nitrogen and oxygen atoms in total. The summed E-state index contributed by atoms with van der Waals surface area (Å²) >= 11 is 0. The second-order valence-corrected chi connectivity index (χ2v) is 7.15. The van der Waals surface area contributed by atoms with Gasteiger partial charge in [0.2, 0.25) is 0 Å². The van der Waals surface area contributed by atoms with Gasteiger partial charge in [-0.3, -0.25) is 0 Å². The Morgan fingerprint density at radius 2 is 1.89 bits per heavy atom. The summed E-state index contributed by atoms with van der Waals surface area (Å²) < 4.78 is 11.3. The Morgan fingerprint density at radius 1 is 1.07 bits per heavy atom. The van der Waals surface area contributed by atoms with E-state index in [9.17, 15) is 0 Å². The molecule has 0 aromatic heterocycles. The minimum Gasteiger partial charge on any atom is -0.497 e. The molecule has 0 saturated heterocycles. The maximum atomic E-state index is 6.08.